The molecular formula is C19H18ClFN4O. The highest BCUT2D eigenvalue weighted by Gasteiger charge is 2.16. The van der Waals surface area contributed by atoms with Crippen molar-refractivity contribution in [3.8, 4) is 5.69 Å². The molecule has 0 aliphatic carbocycles. The summed E-state index contributed by atoms with van der Waals surface area (Å²) in [5.41, 5.74) is 4.07. The first-order valence-electron chi connectivity index (χ1n) is 8.12. The fourth-order valence-corrected chi connectivity index (χ4v) is 2.98. The van der Waals surface area contributed by atoms with Crippen LogP contribution in [-0.2, 0) is 17.8 Å². The zero-order valence-corrected chi connectivity index (χ0v) is 15.2. The Bertz CT molecular complexity index is 940. The molecule has 2 heterocycles. The van der Waals surface area contributed by atoms with Gasteiger partial charge in [0.15, 0.2) is 0 Å². The number of hydrogen-bond donors (Lipinski definition) is 1. The van der Waals surface area contributed by atoms with E-state index in [2.05, 4.69) is 15.4 Å². The first kappa shape index (κ1) is 18.1. The van der Waals surface area contributed by atoms with Crippen molar-refractivity contribution in [1.82, 2.24) is 20.1 Å². The maximum Gasteiger partial charge on any atom is 0.224 e. The van der Waals surface area contributed by atoms with Crippen LogP contribution in [0.1, 0.15) is 22.5 Å². The van der Waals surface area contributed by atoms with Crippen LogP contribution in [0.2, 0.25) is 5.02 Å². The number of hydrogen-bond acceptors (Lipinski definition) is 3. The van der Waals surface area contributed by atoms with E-state index in [0.717, 1.165) is 22.6 Å². The molecule has 3 aromatic rings. The standard InChI is InChI=1S/C19H18ClFN4O/c1-12-17(13(2)25(24-12)16-4-3-7-22-11-16)9-19(26)23-10-14-5-6-15(21)8-18(14)20/h3-8,11H,9-10H2,1-2H3,(H,23,26). The summed E-state index contributed by atoms with van der Waals surface area (Å²) >= 11 is 5.98. The van der Waals surface area contributed by atoms with Crippen molar-refractivity contribution < 1.29 is 9.18 Å². The third kappa shape index (κ3) is 3.91. The van der Waals surface area contributed by atoms with Gasteiger partial charge in [-0.3, -0.25) is 9.78 Å². The third-order valence-corrected chi connectivity index (χ3v) is 4.51. The first-order chi connectivity index (χ1) is 12.5. The van der Waals surface area contributed by atoms with Gasteiger partial charge in [-0.05, 0) is 43.7 Å². The SMILES string of the molecule is Cc1nn(-c2cccnc2)c(C)c1CC(=O)NCc1ccc(F)cc1Cl. The van der Waals surface area contributed by atoms with Gasteiger partial charge in [0.2, 0.25) is 5.91 Å². The predicted octanol–water partition coefficient (Wildman–Crippen LogP) is 3.54. The van der Waals surface area contributed by atoms with Crippen LogP contribution in [0.5, 0.6) is 0 Å². The Hall–Kier alpha value is -2.73. The summed E-state index contributed by atoms with van der Waals surface area (Å²) in [6, 6.07) is 7.86. The number of benzene rings is 1. The van der Waals surface area contributed by atoms with E-state index >= 15 is 0 Å². The van der Waals surface area contributed by atoms with Crippen LogP contribution in [0.4, 0.5) is 4.39 Å². The Labute approximate surface area is 155 Å². The lowest BCUT2D eigenvalue weighted by Gasteiger charge is -2.08. The minimum absolute atomic E-state index is 0.151. The van der Waals surface area contributed by atoms with Gasteiger partial charge in [0.1, 0.15) is 5.82 Å². The van der Waals surface area contributed by atoms with E-state index in [1.54, 1.807) is 23.1 Å². The van der Waals surface area contributed by atoms with Gasteiger partial charge in [0.25, 0.3) is 0 Å². The Morgan fingerprint density at radius 2 is 2.12 bits per heavy atom. The molecule has 0 aliphatic heterocycles. The molecule has 0 saturated carbocycles. The molecule has 0 spiro atoms. The number of pyridine rings is 1. The van der Waals surface area contributed by atoms with Gasteiger partial charge in [-0.2, -0.15) is 5.10 Å². The van der Waals surface area contributed by atoms with Gasteiger partial charge in [-0.1, -0.05) is 17.7 Å². The maximum absolute atomic E-state index is 13.1. The van der Waals surface area contributed by atoms with E-state index in [-0.39, 0.29) is 18.9 Å². The largest absolute Gasteiger partial charge is 0.352 e. The number of amides is 1. The lowest BCUT2D eigenvalue weighted by atomic mass is 10.1. The molecule has 1 aromatic carbocycles. The molecule has 1 N–H and O–H groups in total. The van der Waals surface area contributed by atoms with E-state index in [1.807, 2.05) is 26.0 Å². The van der Waals surface area contributed by atoms with Gasteiger partial charge < -0.3 is 5.32 Å². The van der Waals surface area contributed by atoms with Crippen molar-refractivity contribution in [2.45, 2.75) is 26.8 Å². The highest BCUT2D eigenvalue weighted by Crippen LogP contribution is 2.19. The summed E-state index contributed by atoms with van der Waals surface area (Å²) in [5, 5.41) is 7.62. The molecule has 0 aliphatic rings. The Balaban J connectivity index is 1.71. The van der Waals surface area contributed by atoms with E-state index in [4.69, 9.17) is 11.6 Å². The summed E-state index contributed by atoms with van der Waals surface area (Å²) in [6.07, 6.45) is 3.63. The van der Waals surface area contributed by atoms with Crippen molar-refractivity contribution in [2.24, 2.45) is 0 Å². The number of rotatable bonds is 5. The molecule has 0 fully saturated rings. The van der Waals surface area contributed by atoms with Gasteiger partial charge in [-0.15, -0.1) is 0 Å². The summed E-state index contributed by atoms with van der Waals surface area (Å²) in [6.45, 7) is 4.04. The molecule has 0 radical (unpaired) electrons. The molecule has 0 saturated heterocycles. The summed E-state index contributed by atoms with van der Waals surface area (Å²) in [7, 11) is 0. The molecule has 5 nitrogen and oxygen atoms in total. The molecule has 1 amide bonds. The molecule has 26 heavy (non-hydrogen) atoms. The number of carbonyl (C=O) groups excluding carboxylic acids is 1. The molecule has 0 atom stereocenters. The van der Waals surface area contributed by atoms with Crippen LogP contribution in [0.3, 0.4) is 0 Å². The Morgan fingerprint density at radius 3 is 2.81 bits per heavy atom. The third-order valence-electron chi connectivity index (χ3n) is 4.16. The van der Waals surface area contributed by atoms with E-state index in [9.17, 15) is 9.18 Å². The van der Waals surface area contributed by atoms with Gasteiger partial charge >= 0.3 is 0 Å². The van der Waals surface area contributed by atoms with E-state index in [0.29, 0.717) is 10.6 Å². The average Bonchev–Trinajstić information content (AvgIpc) is 2.90. The van der Waals surface area contributed by atoms with Crippen LogP contribution >= 0.6 is 11.6 Å². The minimum atomic E-state index is -0.404. The van der Waals surface area contributed by atoms with E-state index < -0.39 is 5.82 Å². The number of halogens is 2. The minimum Gasteiger partial charge on any atom is -0.352 e. The van der Waals surface area contributed by atoms with Crippen molar-refractivity contribution in [3.05, 3.63) is 76.1 Å². The van der Waals surface area contributed by atoms with Gasteiger partial charge in [0.05, 0.1) is 24.0 Å². The zero-order chi connectivity index (χ0) is 18.7. The predicted molar refractivity (Wildman–Crippen MR) is 97.8 cm³/mol. The Kier molecular flexibility index (Phi) is 5.32. The van der Waals surface area contributed by atoms with Crippen LogP contribution in [0, 0.1) is 19.7 Å². The van der Waals surface area contributed by atoms with Crippen molar-refractivity contribution in [1.29, 1.82) is 0 Å². The number of aromatic nitrogens is 3. The second-order valence-corrected chi connectivity index (χ2v) is 6.37. The Morgan fingerprint density at radius 1 is 1.31 bits per heavy atom. The van der Waals surface area contributed by atoms with Crippen molar-refractivity contribution in [2.75, 3.05) is 0 Å². The number of nitrogens with one attached hydrogen (secondary N) is 1. The van der Waals surface area contributed by atoms with Crippen LogP contribution in [-0.4, -0.2) is 20.7 Å². The van der Waals surface area contributed by atoms with E-state index in [1.165, 1.54) is 12.1 Å². The molecular weight excluding hydrogens is 355 g/mol. The summed E-state index contributed by atoms with van der Waals surface area (Å²) < 4.78 is 14.9. The monoisotopic (exact) mass is 372 g/mol. The highest BCUT2D eigenvalue weighted by molar-refractivity contribution is 6.31. The quantitative estimate of drug-likeness (QED) is 0.745. The average molecular weight is 373 g/mol. The molecule has 7 heteroatoms. The number of aryl methyl sites for hydroxylation is 1. The maximum atomic E-state index is 13.1. The summed E-state index contributed by atoms with van der Waals surface area (Å²) in [4.78, 5) is 16.4. The van der Waals surface area contributed by atoms with Crippen LogP contribution in [0.25, 0.3) is 5.69 Å². The molecule has 2 aromatic heterocycles. The smallest absolute Gasteiger partial charge is 0.224 e. The highest BCUT2D eigenvalue weighted by atomic mass is 35.5. The van der Waals surface area contributed by atoms with Crippen molar-refractivity contribution in [3.63, 3.8) is 0 Å². The van der Waals surface area contributed by atoms with Crippen molar-refractivity contribution >= 4 is 17.5 Å². The normalized spacial score (nSPS) is 10.8. The van der Waals surface area contributed by atoms with Gasteiger partial charge in [-0.25, -0.2) is 9.07 Å². The number of nitrogens with zero attached hydrogens (tertiary/aromatic N) is 3. The van der Waals surface area contributed by atoms with Gasteiger partial charge in [0, 0.05) is 29.0 Å². The van der Waals surface area contributed by atoms with Crippen LogP contribution in [0.15, 0.2) is 42.7 Å². The fraction of sp³-hybridized carbons (Fsp3) is 0.211. The second kappa shape index (κ2) is 7.66. The topological polar surface area (TPSA) is 59.8 Å². The molecule has 134 valence electrons. The molecule has 0 bridgehead atoms. The zero-order valence-electron chi connectivity index (χ0n) is 14.5. The lowest BCUT2D eigenvalue weighted by Crippen LogP contribution is -2.25. The second-order valence-electron chi connectivity index (χ2n) is 5.96. The molecule has 3 rings (SSSR count). The first-order valence-corrected chi connectivity index (χ1v) is 8.49. The fourth-order valence-electron chi connectivity index (χ4n) is 2.74. The number of carbonyl (C=O) groups is 1. The van der Waals surface area contributed by atoms with Crippen LogP contribution < -0.4 is 5.32 Å². The lowest BCUT2D eigenvalue weighted by molar-refractivity contribution is -0.120. The summed E-state index contributed by atoms with van der Waals surface area (Å²) in [5.74, 6) is -0.554. The molecule has 0 unspecified atom stereocenters.